The largest absolute Gasteiger partial charge is 0.353 e. The second-order valence-corrected chi connectivity index (χ2v) is 6.99. The molecule has 0 spiro atoms. The van der Waals surface area contributed by atoms with E-state index in [0.717, 1.165) is 30.4 Å². The molecule has 1 aromatic rings. The molecule has 0 bridgehead atoms. The van der Waals surface area contributed by atoms with E-state index in [1.165, 1.54) is 31.9 Å². The van der Waals surface area contributed by atoms with Crippen LogP contribution in [0, 0.1) is 17.7 Å². The number of nitrogens with one attached hydrogen (secondary N) is 1. The Morgan fingerprint density at radius 3 is 2.71 bits per heavy atom. The second kappa shape index (κ2) is 6.30. The summed E-state index contributed by atoms with van der Waals surface area (Å²) in [7, 11) is 0. The van der Waals surface area contributed by atoms with E-state index in [-0.39, 0.29) is 5.82 Å². The fourth-order valence-corrected chi connectivity index (χ4v) is 2.73. The van der Waals surface area contributed by atoms with Gasteiger partial charge in [-0.25, -0.2) is 9.37 Å². The summed E-state index contributed by atoms with van der Waals surface area (Å²) in [4.78, 5) is 6.86. The van der Waals surface area contributed by atoms with E-state index in [9.17, 15) is 4.39 Å². The Balaban J connectivity index is 1.74. The van der Waals surface area contributed by atoms with Gasteiger partial charge in [0.2, 0.25) is 0 Å². The number of anilines is 1. The van der Waals surface area contributed by atoms with Gasteiger partial charge in [0, 0.05) is 24.7 Å². The van der Waals surface area contributed by atoms with Crippen molar-refractivity contribution in [2.45, 2.75) is 52.1 Å². The summed E-state index contributed by atoms with van der Waals surface area (Å²) < 4.78 is 13.6. The molecule has 4 heteroatoms. The van der Waals surface area contributed by atoms with Crippen LogP contribution < -0.4 is 10.2 Å². The maximum absolute atomic E-state index is 13.6. The van der Waals surface area contributed by atoms with Crippen molar-refractivity contribution in [1.82, 2.24) is 10.3 Å². The lowest BCUT2D eigenvalue weighted by molar-refractivity contribution is 0.547. The second-order valence-electron chi connectivity index (χ2n) is 6.99. The predicted molar refractivity (Wildman–Crippen MR) is 83.8 cm³/mol. The van der Waals surface area contributed by atoms with Crippen molar-refractivity contribution >= 4 is 5.82 Å². The smallest absolute Gasteiger partial charge is 0.141 e. The molecule has 1 aromatic heterocycles. The molecule has 0 unspecified atom stereocenters. The minimum absolute atomic E-state index is 0.234. The minimum atomic E-state index is -0.234. The van der Waals surface area contributed by atoms with Crippen molar-refractivity contribution in [3.8, 4) is 0 Å². The summed E-state index contributed by atoms with van der Waals surface area (Å²) in [5.74, 6) is 2.19. The number of hydrogen-bond donors (Lipinski definition) is 1. The Morgan fingerprint density at radius 1 is 1.33 bits per heavy atom. The molecule has 2 aliphatic rings. The van der Waals surface area contributed by atoms with Gasteiger partial charge in [-0.2, -0.15) is 0 Å². The maximum atomic E-state index is 13.6. The van der Waals surface area contributed by atoms with Crippen molar-refractivity contribution < 1.29 is 4.39 Å². The number of aromatic nitrogens is 1. The topological polar surface area (TPSA) is 28.2 Å². The molecule has 1 heterocycles. The van der Waals surface area contributed by atoms with Gasteiger partial charge in [-0.1, -0.05) is 13.8 Å². The first kappa shape index (κ1) is 14.8. The standard InChI is InChI=1S/C17H26FN3/c1-12(2)8-19-9-14-7-15(18)10-20-17(14)21(16-5-6-16)11-13-3-4-13/h7,10,12-13,16,19H,3-6,8-9,11H2,1-2H3. The first-order valence-corrected chi connectivity index (χ1v) is 8.25. The Hall–Kier alpha value is -1.16. The van der Waals surface area contributed by atoms with Gasteiger partial charge >= 0.3 is 0 Å². The van der Waals surface area contributed by atoms with Crippen LogP contribution in [-0.2, 0) is 6.54 Å². The summed E-state index contributed by atoms with van der Waals surface area (Å²) >= 11 is 0. The summed E-state index contributed by atoms with van der Waals surface area (Å²) in [6, 6.07) is 2.28. The average Bonchev–Trinajstić information content (AvgIpc) is 3.30. The highest BCUT2D eigenvalue weighted by atomic mass is 19.1. The number of halogens is 1. The van der Waals surface area contributed by atoms with Crippen molar-refractivity contribution in [3.05, 3.63) is 23.6 Å². The van der Waals surface area contributed by atoms with E-state index in [1.807, 2.05) is 0 Å². The van der Waals surface area contributed by atoms with Gasteiger partial charge in [0.25, 0.3) is 0 Å². The molecular weight excluding hydrogens is 265 g/mol. The van der Waals surface area contributed by atoms with Crippen molar-refractivity contribution in [3.63, 3.8) is 0 Å². The monoisotopic (exact) mass is 291 g/mol. The maximum Gasteiger partial charge on any atom is 0.141 e. The van der Waals surface area contributed by atoms with E-state index < -0.39 is 0 Å². The highest BCUT2D eigenvalue weighted by Gasteiger charge is 2.35. The molecule has 0 radical (unpaired) electrons. The lowest BCUT2D eigenvalue weighted by atomic mass is 10.2. The summed E-state index contributed by atoms with van der Waals surface area (Å²) in [6.07, 6.45) is 6.55. The van der Waals surface area contributed by atoms with Crippen LogP contribution in [0.3, 0.4) is 0 Å². The summed E-state index contributed by atoms with van der Waals surface area (Å²) in [5, 5.41) is 3.42. The molecule has 3 rings (SSSR count). The Morgan fingerprint density at radius 2 is 2.10 bits per heavy atom. The van der Waals surface area contributed by atoms with Gasteiger partial charge in [0.15, 0.2) is 0 Å². The van der Waals surface area contributed by atoms with Gasteiger partial charge in [-0.3, -0.25) is 0 Å². The zero-order chi connectivity index (χ0) is 14.8. The number of nitrogens with zero attached hydrogens (tertiary/aromatic N) is 2. The van der Waals surface area contributed by atoms with E-state index in [2.05, 4.69) is 29.0 Å². The molecule has 0 aromatic carbocycles. The van der Waals surface area contributed by atoms with Gasteiger partial charge in [0.1, 0.15) is 11.6 Å². The van der Waals surface area contributed by atoms with Crippen molar-refractivity contribution in [1.29, 1.82) is 0 Å². The molecule has 0 aliphatic heterocycles. The molecule has 116 valence electrons. The normalized spacial score (nSPS) is 18.3. The van der Waals surface area contributed by atoms with Gasteiger partial charge < -0.3 is 10.2 Å². The number of pyridine rings is 1. The van der Waals surface area contributed by atoms with Gasteiger partial charge in [-0.05, 0) is 50.1 Å². The molecule has 0 atom stereocenters. The lowest BCUT2D eigenvalue weighted by Gasteiger charge is -2.26. The zero-order valence-electron chi connectivity index (χ0n) is 13.1. The lowest BCUT2D eigenvalue weighted by Crippen LogP contribution is -2.31. The third-order valence-electron chi connectivity index (χ3n) is 4.19. The van der Waals surface area contributed by atoms with Crippen LogP contribution in [0.25, 0.3) is 0 Å². The average molecular weight is 291 g/mol. The van der Waals surface area contributed by atoms with Crippen molar-refractivity contribution in [2.75, 3.05) is 18.0 Å². The van der Waals surface area contributed by atoms with Crippen LogP contribution in [0.1, 0.15) is 45.1 Å². The summed E-state index contributed by atoms with van der Waals surface area (Å²) in [6.45, 7) is 7.11. The van der Waals surface area contributed by atoms with E-state index in [0.29, 0.717) is 18.5 Å². The van der Waals surface area contributed by atoms with Crippen LogP contribution in [0.15, 0.2) is 12.3 Å². The first-order valence-electron chi connectivity index (χ1n) is 8.25. The predicted octanol–water partition coefficient (Wildman–Crippen LogP) is 3.35. The minimum Gasteiger partial charge on any atom is -0.353 e. The van der Waals surface area contributed by atoms with E-state index >= 15 is 0 Å². The number of hydrogen-bond acceptors (Lipinski definition) is 3. The van der Waals surface area contributed by atoms with Crippen LogP contribution >= 0.6 is 0 Å². The Labute approximate surface area is 126 Å². The Kier molecular flexibility index (Phi) is 4.43. The van der Waals surface area contributed by atoms with E-state index in [4.69, 9.17) is 0 Å². The fraction of sp³-hybridized carbons (Fsp3) is 0.706. The first-order chi connectivity index (χ1) is 10.1. The molecular formula is C17H26FN3. The zero-order valence-corrected chi connectivity index (χ0v) is 13.1. The summed E-state index contributed by atoms with van der Waals surface area (Å²) in [5.41, 5.74) is 1.00. The molecule has 0 saturated heterocycles. The SMILES string of the molecule is CC(C)CNCc1cc(F)cnc1N(CC1CC1)C1CC1. The van der Waals surface area contributed by atoms with Crippen LogP contribution in [0.5, 0.6) is 0 Å². The molecule has 2 saturated carbocycles. The van der Waals surface area contributed by atoms with Crippen LogP contribution in [0.4, 0.5) is 10.2 Å². The molecule has 2 aliphatic carbocycles. The van der Waals surface area contributed by atoms with Gasteiger partial charge in [0.05, 0.1) is 6.20 Å². The van der Waals surface area contributed by atoms with E-state index in [1.54, 1.807) is 6.07 Å². The molecule has 2 fully saturated rings. The fourth-order valence-electron chi connectivity index (χ4n) is 2.73. The molecule has 21 heavy (non-hydrogen) atoms. The highest BCUT2D eigenvalue weighted by molar-refractivity contribution is 5.49. The molecule has 0 amide bonds. The third-order valence-corrected chi connectivity index (χ3v) is 4.19. The van der Waals surface area contributed by atoms with Gasteiger partial charge in [-0.15, -0.1) is 0 Å². The van der Waals surface area contributed by atoms with Crippen molar-refractivity contribution in [2.24, 2.45) is 11.8 Å². The van der Waals surface area contributed by atoms with Crippen LogP contribution in [-0.4, -0.2) is 24.1 Å². The quantitative estimate of drug-likeness (QED) is 0.796. The third kappa shape index (κ3) is 4.16. The number of rotatable bonds is 8. The molecule has 3 nitrogen and oxygen atoms in total. The molecule has 1 N–H and O–H groups in total. The highest BCUT2D eigenvalue weighted by Crippen LogP contribution is 2.38. The Bertz CT molecular complexity index is 481. The van der Waals surface area contributed by atoms with Crippen LogP contribution in [0.2, 0.25) is 0 Å².